The highest BCUT2D eigenvalue weighted by Gasteiger charge is 2.21. The summed E-state index contributed by atoms with van der Waals surface area (Å²) in [5.41, 5.74) is 1.13. The Labute approximate surface area is 114 Å². The molecule has 104 valence electrons. The van der Waals surface area contributed by atoms with Gasteiger partial charge in [-0.1, -0.05) is 26.7 Å². The van der Waals surface area contributed by atoms with E-state index >= 15 is 0 Å². The van der Waals surface area contributed by atoms with Gasteiger partial charge in [-0.3, -0.25) is 4.79 Å². The van der Waals surface area contributed by atoms with Crippen molar-refractivity contribution in [2.45, 2.75) is 51.5 Å². The molecule has 0 bridgehead atoms. The van der Waals surface area contributed by atoms with Crippen molar-refractivity contribution < 1.29 is 4.79 Å². The summed E-state index contributed by atoms with van der Waals surface area (Å²) in [5.74, 6) is 0.819. The molecule has 5 heteroatoms. The van der Waals surface area contributed by atoms with Crippen LogP contribution >= 0.6 is 0 Å². The first-order chi connectivity index (χ1) is 9.11. The summed E-state index contributed by atoms with van der Waals surface area (Å²) in [6, 6.07) is 0.301. The van der Waals surface area contributed by atoms with E-state index in [1.807, 2.05) is 13.8 Å². The zero-order valence-corrected chi connectivity index (χ0v) is 11.9. The molecular weight excluding hydrogens is 240 g/mol. The Morgan fingerprint density at radius 2 is 2.05 bits per heavy atom. The smallest absolute Gasteiger partial charge is 0.272 e. The number of carbonyl (C=O) groups is 1. The molecule has 0 aromatic carbocycles. The molecule has 0 atom stereocenters. The summed E-state index contributed by atoms with van der Waals surface area (Å²) < 4.78 is 0. The van der Waals surface area contributed by atoms with Gasteiger partial charge in [0, 0.05) is 19.0 Å². The van der Waals surface area contributed by atoms with Crippen molar-refractivity contribution in [3.05, 3.63) is 17.7 Å². The molecule has 19 heavy (non-hydrogen) atoms. The van der Waals surface area contributed by atoms with Gasteiger partial charge in [-0.25, -0.2) is 9.97 Å². The van der Waals surface area contributed by atoms with Crippen molar-refractivity contribution in [2.24, 2.45) is 0 Å². The molecule has 1 aliphatic carbocycles. The summed E-state index contributed by atoms with van der Waals surface area (Å²) in [6.07, 6.45) is 6.23. The maximum atomic E-state index is 12.3. The van der Waals surface area contributed by atoms with Crippen molar-refractivity contribution in [2.75, 3.05) is 12.4 Å². The number of hydrogen-bond acceptors (Lipinski definition) is 4. The van der Waals surface area contributed by atoms with Crippen molar-refractivity contribution in [3.8, 4) is 0 Å². The van der Waals surface area contributed by atoms with Crippen LogP contribution in [0.4, 0.5) is 5.69 Å². The number of rotatable bonds is 4. The lowest BCUT2D eigenvalue weighted by molar-refractivity contribution is 0.0933. The minimum atomic E-state index is -0.0967. The number of hydrogen-bond donors (Lipinski definition) is 2. The van der Waals surface area contributed by atoms with Gasteiger partial charge in [0.25, 0.3) is 5.91 Å². The lowest BCUT2D eigenvalue weighted by Gasteiger charge is -2.14. The third-order valence-corrected chi connectivity index (χ3v) is 3.50. The third kappa shape index (κ3) is 3.22. The SMILES string of the molecule is CNc1cnc(C(C)C)nc1C(=O)NC1CCCC1. The van der Waals surface area contributed by atoms with Gasteiger partial charge in [-0.15, -0.1) is 0 Å². The Balaban J connectivity index is 2.20. The molecule has 1 heterocycles. The van der Waals surface area contributed by atoms with Gasteiger partial charge in [-0.05, 0) is 12.8 Å². The van der Waals surface area contributed by atoms with Gasteiger partial charge >= 0.3 is 0 Å². The fraction of sp³-hybridized carbons (Fsp3) is 0.643. The monoisotopic (exact) mass is 262 g/mol. The summed E-state index contributed by atoms with van der Waals surface area (Å²) >= 11 is 0. The summed E-state index contributed by atoms with van der Waals surface area (Å²) in [5, 5.41) is 6.05. The van der Waals surface area contributed by atoms with Crippen LogP contribution in [0.15, 0.2) is 6.20 Å². The van der Waals surface area contributed by atoms with Gasteiger partial charge in [0.05, 0.1) is 11.9 Å². The standard InChI is InChI=1S/C14H22N4O/c1-9(2)13-16-8-11(15-3)12(18-13)14(19)17-10-6-4-5-7-10/h8-10,15H,4-7H2,1-3H3,(H,17,19). The van der Waals surface area contributed by atoms with Crippen LogP contribution < -0.4 is 10.6 Å². The van der Waals surface area contributed by atoms with E-state index in [4.69, 9.17) is 0 Å². The molecule has 5 nitrogen and oxygen atoms in total. The Morgan fingerprint density at radius 3 is 2.63 bits per heavy atom. The lowest BCUT2D eigenvalue weighted by atomic mass is 10.2. The van der Waals surface area contributed by atoms with E-state index in [2.05, 4.69) is 20.6 Å². The van der Waals surface area contributed by atoms with Crippen LogP contribution in [0.5, 0.6) is 0 Å². The summed E-state index contributed by atoms with van der Waals surface area (Å²) in [7, 11) is 1.78. The zero-order chi connectivity index (χ0) is 13.8. The maximum absolute atomic E-state index is 12.3. The van der Waals surface area contributed by atoms with Crippen LogP contribution in [0.2, 0.25) is 0 Å². The molecular formula is C14H22N4O. The van der Waals surface area contributed by atoms with Crippen LogP contribution in [-0.2, 0) is 0 Å². The van der Waals surface area contributed by atoms with E-state index < -0.39 is 0 Å². The first-order valence-corrected chi connectivity index (χ1v) is 6.97. The predicted octanol–water partition coefficient (Wildman–Crippen LogP) is 2.31. The first kappa shape index (κ1) is 13.8. The van der Waals surface area contributed by atoms with Crippen molar-refractivity contribution in [1.82, 2.24) is 15.3 Å². The van der Waals surface area contributed by atoms with Crippen LogP contribution in [0.1, 0.15) is 61.8 Å². The van der Waals surface area contributed by atoms with E-state index in [-0.39, 0.29) is 11.8 Å². The van der Waals surface area contributed by atoms with Crippen molar-refractivity contribution in [1.29, 1.82) is 0 Å². The quantitative estimate of drug-likeness (QED) is 0.874. The molecule has 1 amide bonds. The van der Waals surface area contributed by atoms with Gasteiger partial charge in [0.1, 0.15) is 5.82 Å². The van der Waals surface area contributed by atoms with Crippen LogP contribution in [0.25, 0.3) is 0 Å². The van der Waals surface area contributed by atoms with Gasteiger partial charge in [0.2, 0.25) is 0 Å². The van der Waals surface area contributed by atoms with Crippen molar-refractivity contribution >= 4 is 11.6 Å². The molecule has 2 rings (SSSR count). The van der Waals surface area contributed by atoms with Gasteiger partial charge in [0.15, 0.2) is 5.69 Å². The molecule has 0 saturated heterocycles. The number of anilines is 1. The topological polar surface area (TPSA) is 66.9 Å². The maximum Gasteiger partial charge on any atom is 0.272 e. The molecule has 0 unspecified atom stereocenters. The molecule has 1 aliphatic rings. The number of amides is 1. The number of nitrogens with one attached hydrogen (secondary N) is 2. The second-order valence-electron chi connectivity index (χ2n) is 5.35. The molecule has 1 aromatic rings. The molecule has 1 aromatic heterocycles. The molecule has 0 spiro atoms. The number of nitrogens with zero attached hydrogens (tertiary/aromatic N) is 2. The molecule has 1 fully saturated rings. The van der Waals surface area contributed by atoms with E-state index in [0.717, 1.165) is 12.8 Å². The second kappa shape index (κ2) is 5.99. The normalized spacial score (nSPS) is 15.8. The molecule has 2 N–H and O–H groups in total. The highest BCUT2D eigenvalue weighted by atomic mass is 16.2. The Hall–Kier alpha value is -1.65. The van der Waals surface area contributed by atoms with Crippen molar-refractivity contribution in [3.63, 3.8) is 0 Å². The average molecular weight is 262 g/mol. The van der Waals surface area contributed by atoms with E-state index in [0.29, 0.717) is 23.2 Å². The highest BCUT2D eigenvalue weighted by molar-refractivity contribution is 5.97. The number of aromatic nitrogens is 2. The summed E-state index contributed by atoms with van der Waals surface area (Å²) in [4.78, 5) is 21.0. The zero-order valence-electron chi connectivity index (χ0n) is 11.9. The molecule has 0 aliphatic heterocycles. The Morgan fingerprint density at radius 1 is 1.37 bits per heavy atom. The van der Waals surface area contributed by atoms with Crippen LogP contribution in [0.3, 0.4) is 0 Å². The minimum absolute atomic E-state index is 0.0967. The summed E-state index contributed by atoms with van der Waals surface area (Å²) in [6.45, 7) is 4.04. The first-order valence-electron chi connectivity index (χ1n) is 6.97. The predicted molar refractivity (Wildman–Crippen MR) is 75.4 cm³/mol. The molecule has 0 radical (unpaired) electrons. The largest absolute Gasteiger partial charge is 0.385 e. The Kier molecular flexibility index (Phi) is 4.35. The lowest BCUT2D eigenvalue weighted by Crippen LogP contribution is -2.34. The number of carbonyl (C=O) groups excluding carboxylic acids is 1. The Bertz CT molecular complexity index is 453. The van der Waals surface area contributed by atoms with E-state index in [1.165, 1.54) is 12.8 Å². The van der Waals surface area contributed by atoms with Crippen LogP contribution in [-0.4, -0.2) is 29.0 Å². The van der Waals surface area contributed by atoms with E-state index in [9.17, 15) is 4.79 Å². The van der Waals surface area contributed by atoms with E-state index in [1.54, 1.807) is 13.2 Å². The average Bonchev–Trinajstić information content (AvgIpc) is 2.90. The second-order valence-corrected chi connectivity index (χ2v) is 5.35. The minimum Gasteiger partial charge on any atom is -0.385 e. The third-order valence-electron chi connectivity index (χ3n) is 3.50. The molecule has 1 saturated carbocycles. The van der Waals surface area contributed by atoms with Gasteiger partial charge < -0.3 is 10.6 Å². The van der Waals surface area contributed by atoms with Crippen LogP contribution in [0, 0.1) is 0 Å². The van der Waals surface area contributed by atoms with Gasteiger partial charge in [-0.2, -0.15) is 0 Å². The fourth-order valence-electron chi connectivity index (χ4n) is 2.35. The highest BCUT2D eigenvalue weighted by Crippen LogP contribution is 2.20. The fourth-order valence-corrected chi connectivity index (χ4v) is 2.35.